The standard InChI is InChI=1S/C22H20N4O5/c23-22(30)26-16-6-1-4-14(10-16)21(29)25-17-7-2-8-18(11-17)31-19(12-20(27)28)15-5-3-9-24-13-15/h1-11,13,19H,12H2,(H,25,29)(H,27,28)(H3,23,26,30). The zero-order valence-electron chi connectivity index (χ0n) is 16.3. The number of hydrogen-bond donors (Lipinski definition) is 4. The molecule has 0 radical (unpaired) electrons. The van der Waals surface area contributed by atoms with Crippen LogP contribution in [0.5, 0.6) is 5.75 Å². The van der Waals surface area contributed by atoms with Gasteiger partial charge in [-0.15, -0.1) is 0 Å². The number of rotatable bonds is 8. The minimum atomic E-state index is -1.01. The number of nitrogens with zero attached hydrogens (tertiary/aromatic N) is 1. The Bertz CT molecular complexity index is 1090. The molecule has 1 aromatic heterocycles. The summed E-state index contributed by atoms with van der Waals surface area (Å²) in [6.07, 6.45) is 2.15. The number of urea groups is 1. The quantitative estimate of drug-likeness (QED) is 0.440. The molecule has 9 nitrogen and oxygen atoms in total. The summed E-state index contributed by atoms with van der Waals surface area (Å²) in [5.74, 6) is -1.03. The van der Waals surface area contributed by atoms with Crippen molar-refractivity contribution in [2.45, 2.75) is 12.5 Å². The second kappa shape index (κ2) is 9.88. The zero-order chi connectivity index (χ0) is 22.2. The Morgan fingerprint density at radius 1 is 1.00 bits per heavy atom. The first kappa shape index (κ1) is 21.3. The van der Waals surface area contributed by atoms with Crippen LogP contribution >= 0.6 is 0 Å². The Morgan fingerprint density at radius 2 is 1.74 bits per heavy atom. The van der Waals surface area contributed by atoms with Crippen molar-refractivity contribution in [1.82, 2.24) is 4.98 Å². The molecule has 1 heterocycles. The fourth-order valence-corrected chi connectivity index (χ4v) is 2.85. The predicted molar refractivity (Wildman–Crippen MR) is 114 cm³/mol. The SMILES string of the molecule is NC(=O)Nc1cccc(C(=O)Nc2cccc(OC(CC(=O)O)c3cccnc3)c2)c1. The van der Waals surface area contributed by atoms with Crippen molar-refractivity contribution in [3.8, 4) is 5.75 Å². The number of nitrogens with two attached hydrogens (primary N) is 1. The summed E-state index contributed by atoms with van der Waals surface area (Å²) in [4.78, 5) is 38.8. The van der Waals surface area contributed by atoms with Crippen LogP contribution in [0.25, 0.3) is 0 Å². The summed E-state index contributed by atoms with van der Waals surface area (Å²) >= 11 is 0. The third kappa shape index (κ3) is 6.29. The molecule has 0 aliphatic carbocycles. The smallest absolute Gasteiger partial charge is 0.316 e. The van der Waals surface area contributed by atoms with Crippen LogP contribution in [0.3, 0.4) is 0 Å². The van der Waals surface area contributed by atoms with E-state index < -0.39 is 24.0 Å². The number of aromatic nitrogens is 1. The third-order valence-electron chi connectivity index (χ3n) is 4.18. The lowest BCUT2D eigenvalue weighted by molar-refractivity contribution is -0.138. The van der Waals surface area contributed by atoms with E-state index in [1.54, 1.807) is 67.0 Å². The summed E-state index contributed by atoms with van der Waals surface area (Å²) in [7, 11) is 0. The van der Waals surface area contributed by atoms with Crippen LogP contribution in [0, 0.1) is 0 Å². The molecule has 0 aliphatic heterocycles. The predicted octanol–water partition coefficient (Wildman–Crippen LogP) is 3.42. The van der Waals surface area contributed by atoms with Gasteiger partial charge in [-0.3, -0.25) is 14.6 Å². The van der Waals surface area contributed by atoms with E-state index >= 15 is 0 Å². The molecule has 3 rings (SSSR count). The Hall–Kier alpha value is -4.40. The van der Waals surface area contributed by atoms with Gasteiger partial charge >= 0.3 is 12.0 Å². The largest absolute Gasteiger partial charge is 0.485 e. The van der Waals surface area contributed by atoms with Crippen LogP contribution in [0.1, 0.15) is 28.4 Å². The van der Waals surface area contributed by atoms with Gasteiger partial charge in [-0.25, -0.2) is 4.79 Å². The highest BCUT2D eigenvalue weighted by molar-refractivity contribution is 6.05. The van der Waals surface area contributed by atoms with Crippen LogP contribution in [-0.4, -0.2) is 28.0 Å². The molecule has 2 aromatic carbocycles. The van der Waals surface area contributed by atoms with Gasteiger partial charge in [0.1, 0.15) is 11.9 Å². The van der Waals surface area contributed by atoms with Crippen molar-refractivity contribution >= 4 is 29.3 Å². The van der Waals surface area contributed by atoms with Gasteiger partial charge in [0, 0.05) is 41.0 Å². The summed E-state index contributed by atoms with van der Waals surface area (Å²) in [5.41, 5.74) is 6.89. The first-order valence-electron chi connectivity index (χ1n) is 9.27. The topological polar surface area (TPSA) is 144 Å². The zero-order valence-corrected chi connectivity index (χ0v) is 16.3. The third-order valence-corrected chi connectivity index (χ3v) is 4.18. The van der Waals surface area contributed by atoms with E-state index in [1.165, 1.54) is 6.07 Å². The van der Waals surface area contributed by atoms with Crippen LogP contribution < -0.4 is 21.1 Å². The van der Waals surface area contributed by atoms with E-state index in [0.29, 0.717) is 28.3 Å². The molecule has 158 valence electrons. The number of benzene rings is 2. The number of anilines is 2. The molecular weight excluding hydrogens is 400 g/mol. The maximum Gasteiger partial charge on any atom is 0.316 e. The number of ether oxygens (including phenoxy) is 1. The Morgan fingerprint density at radius 3 is 2.42 bits per heavy atom. The molecule has 31 heavy (non-hydrogen) atoms. The fourth-order valence-electron chi connectivity index (χ4n) is 2.85. The lowest BCUT2D eigenvalue weighted by atomic mass is 10.1. The van der Waals surface area contributed by atoms with Gasteiger partial charge in [0.15, 0.2) is 0 Å². The Balaban J connectivity index is 1.74. The second-order valence-corrected chi connectivity index (χ2v) is 6.54. The van der Waals surface area contributed by atoms with E-state index in [9.17, 15) is 19.5 Å². The Kier molecular flexibility index (Phi) is 6.79. The molecule has 0 spiro atoms. The molecule has 0 saturated heterocycles. The van der Waals surface area contributed by atoms with Crippen LogP contribution in [0.15, 0.2) is 73.1 Å². The van der Waals surface area contributed by atoms with Crippen LogP contribution in [0.4, 0.5) is 16.2 Å². The average molecular weight is 420 g/mol. The highest BCUT2D eigenvalue weighted by atomic mass is 16.5. The minimum Gasteiger partial charge on any atom is -0.485 e. The molecule has 1 unspecified atom stereocenters. The first-order chi connectivity index (χ1) is 14.9. The Labute approximate surface area is 177 Å². The molecule has 0 aliphatic rings. The van der Waals surface area contributed by atoms with Gasteiger partial charge in [0.2, 0.25) is 0 Å². The molecule has 1 atom stereocenters. The highest BCUT2D eigenvalue weighted by Gasteiger charge is 2.18. The van der Waals surface area contributed by atoms with E-state index in [1.807, 2.05) is 0 Å². The number of carbonyl (C=O) groups excluding carboxylic acids is 2. The molecule has 3 aromatic rings. The van der Waals surface area contributed by atoms with Crippen molar-refractivity contribution < 1.29 is 24.2 Å². The molecule has 9 heteroatoms. The van der Waals surface area contributed by atoms with Crippen molar-refractivity contribution in [2.75, 3.05) is 10.6 Å². The highest BCUT2D eigenvalue weighted by Crippen LogP contribution is 2.27. The second-order valence-electron chi connectivity index (χ2n) is 6.54. The van der Waals surface area contributed by atoms with E-state index in [0.717, 1.165) is 0 Å². The van der Waals surface area contributed by atoms with Crippen molar-refractivity contribution in [1.29, 1.82) is 0 Å². The van der Waals surface area contributed by atoms with Gasteiger partial charge in [-0.1, -0.05) is 18.2 Å². The molecule has 5 N–H and O–H groups in total. The van der Waals surface area contributed by atoms with Crippen molar-refractivity contribution in [2.24, 2.45) is 5.73 Å². The van der Waals surface area contributed by atoms with Crippen molar-refractivity contribution in [3.63, 3.8) is 0 Å². The fraction of sp³-hybridized carbons (Fsp3) is 0.0909. The summed E-state index contributed by atoms with van der Waals surface area (Å²) in [6, 6.07) is 15.6. The van der Waals surface area contributed by atoms with E-state index in [2.05, 4.69) is 15.6 Å². The van der Waals surface area contributed by atoms with Gasteiger partial charge in [0.05, 0.1) is 6.42 Å². The number of aliphatic carboxylic acids is 1. The van der Waals surface area contributed by atoms with Gasteiger partial charge in [-0.05, 0) is 36.4 Å². The maximum absolute atomic E-state index is 12.6. The van der Waals surface area contributed by atoms with E-state index in [4.69, 9.17) is 10.5 Å². The monoisotopic (exact) mass is 420 g/mol. The summed E-state index contributed by atoms with van der Waals surface area (Å²) in [5, 5.41) is 14.4. The number of carboxylic acids is 1. The number of amides is 3. The van der Waals surface area contributed by atoms with Gasteiger partial charge in [0.25, 0.3) is 5.91 Å². The van der Waals surface area contributed by atoms with Crippen LogP contribution in [-0.2, 0) is 4.79 Å². The number of pyridine rings is 1. The molecular formula is C22H20N4O5. The molecule has 0 fully saturated rings. The number of primary amides is 1. The number of carbonyl (C=O) groups is 3. The summed E-state index contributed by atoms with van der Waals surface area (Å²) in [6.45, 7) is 0. The van der Waals surface area contributed by atoms with Gasteiger partial charge in [-0.2, -0.15) is 0 Å². The maximum atomic E-state index is 12.6. The normalized spacial score (nSPS) is 11.2. The average Bonchev–Trinajstić information content (AvgIpc) is 2.73. The molecule has 3 amide bonds. The lowest BCUT2D eigenvalue weighted by Crippen LogP contribution is -2.19. The number of nitrogens with one attached hydrogen (secondary N) is 2. The van der Waals surface area contributed by atoms with Crippen molar-refractivity contribution in [3.05, 3.63) is 84.2 Å². The number of carboxylic acid groups (broad SMARTS) is 1. The van der Waals surface area contributed by atoms with Gasteiger partial charge < -0.3 is 26.2 Å². The molecule has 0 bridgehead atoms. The molecule has 0 saturated carbocycles. The number of hydrogen-bond acceptors (Lipinski definition) is 5. The summed E-state index contributed by atoms with van der Waals surface area (Å²) < 4.78 is 5.87. The first-order valence-corrected chi connectivity index (χ1v) is 9.27. The van der Waals surface area contributed by atoms with E-state index in [-0.39, 0.29) is 6.42 Å². The van der Waals surface area contributed by atoms with Crippen LogP contribution in [0.2, 0.25) is 0 Å². The lowest BCUT2D eigenvalue weighted by Gasteiger charge is -2.18. The minimum absolute atomic E-state index is 0.248.